The molecule has 2 rings (SSSR count). The number of carbonyl (C=O) groups excluding carboxylic acids is 1. The Kier molecular flexibility index (Phi) is 6.03. The first-order valence-electron chi connectivity index (χ1n) is 7.70. The molecule has 2 unspecified atom stereocenters. The standard InChI is InChI=1S/C18H19F3N2O2/c19-18(20,21)16(11-13-6-8-14(24)9-7-13)23-17(25)15(22)10-12-4-2-1-3-5-12/h1-9,15-16,24H,10-11,22H2,(H,23,25). The van der Waals surface area contributed by atoms with E-state index in [1.165, 1.54) is 24.3 Å². The third kappa shape index (κ3) is 5.79. The van der Waals surface area contributed by atoms with Gasteiger partial charge in [-0.05, 0) is 29.7 Å². The van der Waals surface area contributed by atoms with E-state index in [4.69, 9.17) is 5.73 Å². The number of benzene rings is 2. The van der Waals surface area contributed by atoms with Gasteiger partial charge in [0, 0.05) is 6.42 Å². The minimum Gasteiger partial charge on any atom is -0.508 e. The van der Waals surface area contributed by atoms with Crippen LogP contribution in [0.5, 0.6) is 5.75 Å². The number of carbonyl (C=O) groups is 1. The van der Waals surface area contributed by atoms with Gasteiger partial charge in [0.1, 0.15) is 11.8 Å². The van der Waals surface area contributed by atoms with Crippen LogP contribution in [0.4, 0.5) is 13.2 Å². The summed E-state index contributed by atoms with van der Waals surface area (Å²) in [6.45, 7) is 0. The van der Waals surface area contributed by atoms with Crippen LogP contribution >= 0.6 is 0 Å². The first-order chi connectivity index (χ1) is 11.8. The highest BCUT2D eigenvalue weighted by Gasteiger charge is 2.41. The summed E-state index contributed by atoms with van der Waals surface area (Å²) < 4.78 is 39.7. The molecule has 0 aliphatic carbocycles. The molecule has 7 heteroatoms. The molecule has 0 fully saturated rings. The SMILES string of the molecule is NC(Cc1ccccc1)C(=O)NC(Cc1ccc(O)cc1)C(F)(F)F. The molecule has 2 aromatic carbocycles. The van der Waals surface area contributed by atoms with E-state index in [9.17, 15) is 23.1 Å². The van der Waals surface area contributed by atoms with Crippen molar-refractivity contribution < 1.29 is 23.1 Å². The number of rotatable bonds is 6. The minimum atomic E-state index is -4.61. The van der Waals surface area contributed by atoms with Crippen LogP contribution in [0, 0.1) is 0 Å². The third-order valence-corrected chi connectivity index (χ3v) is 3.72. The molecule has 0 radical (unpaired) electrons. The largest absolute Gasteiger partial charge is 0.508 e. The van der Waals surface area contributed by atoms with Crippen molar-refractivity contribution >= 4 is 5.91 Å². The van der Waals surface area contributed by atoms with E-state index in [0.29, 0.717) is 5.56 Å². The van der Waals surface area contributed by atoms with Gasteiger partial charge in [0.2, 0.25) is 5.91 Å². The lowest BCUT2D eigenvalue weighted by Crippen LogP contribution is -2.52. The fourth-order valence-electron chi connectivity index (χ4n) is 2.36. The second-order valence-corrected chi connectivity index (χ2v) is 5.77. The van der Waals surface area contributed by atoms with Crippen molar-refractivity contribution in [1.82, 2.24) is 5.32 Å². The molecule has 1 amide bonds. The topological polar surface area (TPSA) is 75.4 Å². The number of amides is 1. The summed E-state index contributed by atoms with van der Waals surface area (Å²) in [5, 5.41) is 11.2. The molecule has 2 atom stereocenters. The Balaban J connectivity index is 2.03. The fourth-order valence-corrected chi connectivity index (χ4v) is 2.36. The maximum atomic E-state index is 13.2. The van der Waals surface area contributed by atoms with Crippen molar-refractivity contribution in [2.75, 3.05) is 0 Å². The Morgan fingerprint density at radius 2 is 1.56 bits per heavy atom. The number of hydrogen-bond acceptors (Lipinski definition) is 3. The monoisotopic (exact) mass is 352 g/mol. The van der Waals surface area contributed by atoms with Gasteiger partial charge in [-0.15, -0.1) is 0 Å². The molecule has 0 heterocycles. The zero-order valence-electron chi connectivity index (χ0n) is 13.3. The molecule has 25 heavy (non-hydrogen) atoms. The zero-order valence-corrected chi connectivity index (χ0v) is 13.3. The molecule has 0 saturated heterocycles. The molecule has 0 spiro atoms. The van der Waals surface area contributed by atoms with E-state index in [1.807, 2.05) is 5.32 Å². The number of nitrogens with two attached hydrogens (primary N) is 1. The van der Waals surface area contributed by atoms with Crippen molar-refractivity contribution in [3.05, 3.63) is 65.7 Å². The van der Waals surface area contributed by atoms with Gasteiger partial charge in [-0.2, -0.15) is 13.2 Å². The van der Waals surface area contributed by atoms with Crippen LogP contribution in [0.15, 0.2) is 54.6 Å². The Bertz CT molecular complexity index is 688. The number of nitrogens with one attached hydrogen (secondary N) is 1. The highest BCUT2D eigenvalue weighted by atomic mass is 19.4. The molecular weight excluding hydrogens is 333 g/mol. The van der Waals surface area contributed by atoms with Crippen LogP contribution in [-0.2, 0) is 17.6 Å². The van der Waals surface area contributed by atoms with Crippen LogP contribution in [0.25, 0.3) is 0 Å². The maximum absolute atomic E-state index is 13.2. The van der Waals surface area contributed by atoms with E-state index in [-0.39, 0.29) is 12.2 Å². The maximum Gasteiger partial charge on any atom is 0.408 e. The first kappa shape index (κ1) is 18.8. The van der Waals surface area contributed by atoms with Crippen LogP contribution in [0.3, 0.4) is 0 Å². The molecule has 0 aliphatic rings. The Hall–Kier alpha value is -2.54. The zero-order chi connectivity index (χ0) is 18.4. The molecule has 4 N–H and O–H groups in total. The van der Waals surface area contributed by atoms with Crippen LogP contribution in [0.1, 0.15) is 11.1 Å². The first-order valence-corrected chi connectivity index (χ1v) is 7.70. The van der Waals surface area contributed by atoms with E-state index < -0.39 is 30.6 Å². The summed E-state index contributed by atoms with van der Waals surface area (Å²) in [5.41, 5.74) is 6.86. The second-order valence-electron chi connectivity index (χ2n) is 5.77. The fraction of sp³-hybridized carbons (Fsp3) is 0.278. The van der Waals surface area contributed by atoms with Crippen LogP contribution in [-0.4, -0.2) is 29.3 Å². The highest BCUT2D eigenvalue weighted by Crippen LogP contribution is 2.24. The summed E-state index contributed by atoms with van der Waals surface area (Å²) in [5.74, 6) is -0.897. The van der Waals surface area contributed by atoms with Gasteiger partial charge in [0.25, 0.3) is 0 Å². The lowest BCUT2D eigenvalue weighted by Gasteiger charge is -2.23. The number of aromatic hydroxyl groups is 1. The van der Waals surface area contributed by atoms with Gasteiger partial charge in [-0.3, -0.25) is 4.79 Å². The summed E-state index contributed by atoms with van der Waals surface area (Å²) >= 11 is 0. The van der Waals surface area contributed by atoms with Gasteiger partial charge in [-0.1, -0.05) is 42.5 Å². The lowest BCUT2D eigenvalue weighted by molar-refractivity contribution is -0.161. The quantitative estimate of drug-likeness (QED) is 0.748. The summed E-state index contributed by atoms with van der Waals surface area (Å²) in [7, 11) is 0. The minimum absolute atomic E-state index is 0.0405. The summed E-state index contributed by atoms with van der Waals surface area (Å²) in [6, 6.07) is 11.1. The summed E-state index contributed by atoms with van der Waals surface area (Å²) in [4.78, 5) is 12.1. The van der Waals surface area contributed by atoms with Gasteiger partial charge >= 0.3 is 6.18 Å². The van der Waals surface area contributed by atoms with Gasteiger partial charge in [0.15, 0.2) is 0 Å². The van der Waals surface area contributed by atoms with Crippen molar-refractivity contribution in [3.8, 4) is 5.75 Å². The predicted octanol–water partition coefficient (Wildman–Crippen LogP) is 2.55. The van der Waals surface area contributed by atoms with Crippen molar-refractivity contribution in [2.24, 2.45) is 5.73 Å². The third-order valence-electron chi connectivity index (χ3n) is 3.72. The van der Waals surface area contributed by atoms with Crippen LogP contribution < -0.4 is 11.1 Å². The Morgan fingerprint density at radius 1 is 1.00 bits per heavy atom. The number of alkyl halides is 3. The number of hydrogen-bond donors (Lipinski definition) is 3. The van der Waals surface area contributed by atoms with Gasteiger partial charge in [0.05, 0.1) is 6.04 Å². The van der Waals surface area contributed by atoms with Gasteiger partial charge in [-0.25, -0.2) is 0 Å². The average Bonchev–Trinajstić information content (AvgIpc) is 2.56. The molecule has 0 bridgehead atoms. The van der Waals surface area contributed by atoms with Crippen molar-refractivity contribution in [1.29, 1.82) is 0 Å². The van der Waals surface area contributed by atoms with E-state index in [2.05, 4.69) is 0 Å². The van der Waals surface area contributed by atoms with E-state index in [1.54, 1.807) is 30.3 Å². The molecule has 2 aromatic rings. The lowest BCUT2D eigenvalue weighted by atomic mass is 10.0. The number of halogens is 3. The molecular formula is C18H19F3N2O2. The number of phenols is 1. The second kappa shape index (κ2) is 8.02. The smallest absolute Gasteiger partial charge is 0.408 e. The molecule has 0 aliphatic heterocycles. The molecule has 0 aromatic heterocycles. The Labute approximate surface area is 143 Å². The summed E-state index contributed by atoms with van der Waals surface area (Å²) in [6.07, 6.45) is -4.90. The highest BCUT2D eigenvalue weighted by molar-refractivity contribution is 5.82. The van der Waals surface area contributed by atoms with Crippen molar-refractivity contribution in [3.63, 3.8) is 0 Å². The molecule has 134 valence electrons. The van der Waals surface area contributed by atoms with Crippen molar-refractivity contribution in [2.45, 2.75) is 31.1 Å². The van der Waals surface area contributed by atoms with E-state index in [0.717, 1.165) is 5.56 Å². The molecule has 4 nitrogen and oxygen atoms in total. The normalized spacial score (nSPS) is 13.9. The molecule has 0 saturated carbocycles. The number of phenolic OH excluding ortho intramolecular Hbond substituents is 1. The Morgan fingerprint density at radius 3 is 2.12 bits per heavy atom. The van der Waals surface area contributed by atoms with Crippen LogP contribution in [0.2, 0.25) is 0 Å². The average molecular weight is 352 g/mol. The predicted molar refractivity (Wildman–Crippen MR) is 87.9 cm³/mol. The van der Waals surface area contributed by atoms with E-state index >= 15 is 0 Å². The van der Waals surface area contributed by atoms with Gasteiger partial charge < -0.3 is 16.2 Å².